The third-order valence-corrected chi connectivity index (χ3v) is 2.00. The summed E-state index contributed by atoms with van der Waals surface area (Å²) in [4.78, 5) is 0. The van der Waals surface area contributed by atoms with Crippen LogP contribution in [-0.2, 0) is 6.42 Å². The maximum absolute atomic E-state index is 5.52. The standard InChI is InChI=1S/C11H16OS/c1-2-7-12-11-5-3-4-10(9-11)6-8-13/h3-5,9,13H,2,6-8H2,1H3. The first-order chi connectivity index (χ1) is 6.36. The van der Waals surface area contributed by atoms with E-state index in [2.05, 4.69) is 31.7 Å². The van der Waals surface area contributed by atoms with Crippen molar-refractivity contribution in [3.05, 3.63) is 29.8 Å². The van der Waals surface area contributed by atoms with E-state index in [0.29, 0.717) is 0 Å². The largest absolute Gasteiger partial charge is 0.494 e. The number of hydrogen-bond donors (Lipinski definition) is 1. The van der Waals surface area contributed by atoms with Crippen molar-refractivity contribution in [2.75, 3.05) is 12.4 Å². The number of benzene rings is 1. The molecule has 0 radical (unpaired) electrons. The molecule has 0 atom stereocenters. The maximum atomic E-state index is 5.52. The van der Waals surface area contributed by atoms with Gasteiger partial charge in [0.25, 0.3) is 0 Å². The van der Waals surface area contributed by atoms with E-state index >= 15 is 0 Å². The monoisotopic (exact) mass is 196 g/mol. The van der Waals surface area contributed by atoms with Gasteiger partial charge >= 0.3 is 0 Å². The van der Waals surface area contributed by atoms with E-state index in [4.69, 9.17) is 4.74 Å². The molecule has 0 saturated carbocycles. The van der Waals surface area contributed by atoms with Crippen molar-refractivity contribution in [2.24, 2.45) is 0 Å². The molecule has 2 heteroatoms. The lowest BCUT2D eigenvalue weighted by molar-refractivity contribution is 0.317. The summed E-state index contributed by atoms with van der Waals surface area (Å²) in [7, 11) is 0. The molecule has 0 amide bonds. The highest BCUT2D eigenvalue weighted by Crippen LogP contribution is 2.14. The van der Waals surface area contributed by atoms with Crippen LogP contribution >= 0.6 is 12.6 Å². The van der Waals surface area contributed by atoms with Gasteiger partial charge in [0, 0.05) is 0 Å². The van der Waals surface area contributed by atoms with E-state index in [1.54, 1.807) is 0 Å². The first kappa shape index (κ1) is 10.5. The van der Waals surface area contributed by atoms with Crippen LogP contribution in [0.25, 0.3) is 0 Å². The van der Waals surface area contributed by atoms with Gasteiger partial charge < -0.3 is 4.74 Å². The fraction of sp³-hybridized carbons (Fsp3) is 0.455. The minimum atomic E-state index is 0.796. The molecular weight excluding hydrogens is 180 g/mol. The van der Waals surface area contributed by atoms with Crippen molar-refractivity contribution in [3.63, 3.8) is 0 Å². The Balaban J connectivity index is 2.56. The van der Waals surface area contributed by atoms with E-state index in [1.807, 2.05) is 12.1 Å². The molecule has 0 N–H and O–H groups in total. The SMILES string of the molecule is CCCOc1cccc(CCS)c1. The van der Waals surface area contributed by atoms with Crippen LogP contribution in [0.15, 0.2) is 24.3 Å². The van der Waals surface area contributed by atoms with Crippen molar-refractivity contribution >= 4 is 12.6 Å². The Morgan fingerprint density at radius 1 is 1.38 bits per heavy atom. The molecule has 1 nitrogen and oxygen atoms in total. The van der Waals surface area contributed by atoms with Crippen LogP contribution < -0.4 is 4.74 Å². The zero-order valence-corrected chi connectivity index (χ0v) is 8.89. The number of aryl methyl sites for hydroxylation is 1. The molecule has 0 aliphatic rings. The molecule has 0 aliphatic carbocycles. The van der Waals surface area contributed by atoms with Crippen molar-refractivity contribution in [3.8, 4) is 5.75 Å². The average molecular weight is 196 g/mol. The second-order valence-corrected chi connectivity index (χ2v) is 3.42. The van der Waals surface area contributed by atoms with Crippen LogP contribution in [-0.4, -0.2) is 12.4 Å². The summed E-state index contributed by atoms with van der Waals surface area (Å²) in [6.45, 7) is 2.90. The van der Waals surface area contributed by atoms with Gasteiger partial charge in [-0.15, -0.1) is 0 Å². The Bertz CT molecular complexity index is 248. The summed E-state index contributed by atoms with van der Waals surface area (Å²) < 4.78 is 5.52. The molecule has 1 aromatic rings. The fourth-order valence-corrected chi connectivity index (χ4v) is 1.40. The molecular formula is C11H16OS. The molecule has 1 aromatic carbocycles. The zero-order chi connectivity index (χ0) is 9.52. The van der Waals surface area contributed by atoms with Gasteiger partial charge in [-0.1, -0.05) is 19.1 Å². The maximum Gasteiger partial charge on any atom is 0.119 e. The molecule has 0 heterocycles. The van der Waals surface area contributed by atoms with Crippen LogP contribution in [0.1, 0.15) is 18.9 Å². The lowest BCUT2D eigenvalue weighted by atomic mass is 10.2. The summed E-state index contributed by atoms with van der Waals surface area (Å²) >= 11 is 4.20. The second-order valence-electron chi connectivity index (χ2n) is 2.97. The van der Waals surface area contributed by atoms with Gasteiger partial charge in [0.1, 0.15) is 5.75 Å². The van der Waals surface area contributed by atoms with Crippen molar-refractivity contribution in [1.29, 1.82) is 0 Å². The van der Waals surface area contributed by atoms with Gasteiger partial charge in [-0.3, -0.25) is 0 Å². The molecule has 0 bridgehead atoms. The van der Waals surface area contributed by atoms with Gasteiger partial charge in [0.2, 0.25) is 0 Å². The number of hydrogen-bond acceptors (Lipinski definition) is 2. The van der Waals surface area contributed by atoms with Crippen LogP contribution in [0, 0.1) is 0 Å². The number of thiol groups is 1. The Hall–Kier alpha value is -0.630. The molecule has 0 saturated heterocycles. The zero-order valence-electron chi connectivity index (χ0n) is 7.99. The van der Waals surface area contributed by atoms with E-state index in [9.17, 15) is 0 Å². The van der Waals surface area contributed by atoms with Crippen LogP contribution in [0.3, 0.4) is 0 Å². The lowest BCUT2D eigenvalue weighted by Crippen LogP contribution is -1.95. The van der Waals surface area contributed by atoms with Crippen molar-refractivity contribution in [1.82, 2.24) is 0 Å². The van der Waals surface area contributed by atoms with Crippen LogP contribution in [0.4, 0.5) is 0 Å². The smallest absolute Gasteiger partial charge is 0.119 e. The highest BCUT2D eigenvalue weighted by molar-refractivity contribution is 7.80. The topological polar surface area (TPSA) is 9.23 Å². The molecule has 13 heavy (non-hydrogen) atoms. The second kappa shape index (κ2) is 5.92. The quantitative estimate of drug-likeness (QED) is 0.712. The number of ether oxygens (including phenoxy) is 1. The number of rotatable bonds is 5. The first-order valence-electron chi connectivity index (χ1n) is 4.69. The molecule has 1 rings (SSSR count). The summed E-state index contributed by atoms with van der Waals surface area (Å²) in [6, 6.07) is 8.22. The Morgan fingerprint density at radius 3 is 2.92 bits per heavy atom. The van der Waals surface area contributed by atoms with E-state index in [1.165, 1.54) is 5.56 Å². The normalized spacial score (nSPS) is 10.0. The van der Waals surface area contributed by atoms with Gasteiger partial charge in [-0.25, -0.2) is 0 Å². The predicted molar refractivity (Wildman–Crippen MR) is 59.8 cm³/mol. The van der Waals surface area contributed by atoms with Gasteiger partial charge in [-0.05, 0) is 36.3 Å². The van der Waals surface area contributed by atoms with Crippen molar-refractivity contribution < 1.29 is 4.74 Å². The summed E-state index contributed by atoms with van der Waals surface area (Å²) in [6.07, 6.45) is 2.06. The van der Waals surface area contributed by atoms with Gasteiger partial charge in [0.15, 0.2) is 0 Å². The molecule has 0 spiro atoms. The van der Waals surface area contributed by atoms with E-state index in [-0.39, 0.29) is 0 Å². The minimum absolute atomic E-state index is 0.796. The molecule has 0 unspecified atom stereocenters. The third-order valence-electron chi connectivity index (χ3n) is 1.77. The minimum Gasteiger partial charge on any atom is -0.494 e. The summed E-state index contributed by atoms with van der Waals surface area (Å²) in [5.41, 5.74) is 1.30. The van der Waals surface area contributed by atoms with Crippen molar-refractivity contribution in [2.45, 2.75) is 19.8 Å². The Kier molecular flexibility index (Phi) is 4.76. The third kappa shape index (κ3) is 3.73. The first-order valence-corrected chi connectivity index (χ1v) is 5.32. The Labute approximate surface area is 85.5 Å². The molecule has 72 valence electrons. The highest BCUT2D eigenvalue weighted by Gasteiger charge is 1.95. The molecule has 0 aliphatic heterocycles. The summed E-state index contributed by atoms with van der Waals surface area (Å²) in [5.74, 6) is 1.86. The fourth-order valence-electron chi connectivity index (χ4n) is 1.14. The highest BCUT2D eigenvalue weighted by atomic mass is 32.1. The lowest BCUT2D eigenvalue weighted by Gasteiger charge is -2.05. The summed E-state index contributed by atoms with van der Waals surface area (Å²) in [5, 5.41) is 0. The van der Waals surface area contributed by atoms with E-state index in [0.717, 1.165) is 31.0 Å². The van der Waals surface area contributed by atoms with Crippen LogP contribution in [0.2, 0.25) is 0 Å². The molecule has 0 aromatic heterocycles. The predicted octanol–water partition coefficient (Wildman–Crippen LogP) is 2.95. The molecule has 0 fully saturated rings. The Morgan fingerprint density at radius 2 is 2.23 bits per heavy atom. The average Bonchev–Trinajstić information content (AvgIpc) is 2.16. The van der Waals surface area contributed by atoms with E-state index < -0.39 is 0 Å². The van der Waals surface area contributed by atoms with Gasteiger partial charge in [-0.2, -0.15) is 12.6 Å². The van der Waals surface area contributed by atoms with Gasteiger partial charge in [0.05, 0.1) is 6.61 Å². The van der Waals surface area contributed by atoms with Crippen LogP contribution in [0.5, 0.6) is 5.75 Å².